The van der Waals surface area contributed by atoms with Crippen LogP contribution in [-0.2, 0) is 20.7 Å². The number of carbonyl (C=O) groups is 2. The molecule has 0 aliphatic carbocycles. The minimum atomic E-state index is -0.960. The Morgan fingerprint density at radius 3 is 2.73 bits per heavy atom. The smallest absolute Gasteiger partial charge is 0.310 e. The molecule has 136 valence electrons. The summed E-state index contributed by atoms with van der Waals surface area (Å²) in [4.78, 5) is 26.8. The van der Waals surface area contributed by atoms with E-state index in [1.807, 2.05) is 54.3 Å². The lowest BCUT2D eigenvalue weighted by molar-refractivity contribution is -0.148. The van der Waals surface area contributed by atoms with Crippen LogP contribution in [0.5, 0.6) is 0 Å². The van der Waals surface area contributed by atoms with Crippen molar-refractivity contribution >= 4 is 11.9 Å². The standard InChI is InChI=1S/C21H23NO4/c1-13(2)12-16-21-10-8-15(26-21)17(20(24)25)18(21)19(23)22(16)11-9-14-6-4-3-5-7-14/h3-8,10,15-18H,1,9,11-12H2,2H3,(H,24,25)/t15-,16+,17-,18-,21+/m0/s1. The molecular formula is C21H23NO4. The molecule has 1 amide bonds. The summed E-state index contributed by atoms with van der Waals surface area (Å²) in [5.74, 6) is -2.51. The number of ether oxygens (including phenoxy) is 1. The molecule has 0 saturated carbocycles. The van der Waals surface area contributed by atoms with Crippen molar-refractivity contribution in [3.63, 3.8) is 0 Å². The maximum absolute atomic E-state index is 13.2. The average Bonchev–Trinajstić information content (AvgIpc) is 3.24. The Morgan fingerprint density at radius 1 is 1.35 bits per heavy atom. The van der Waals surface area contributed by atoms with E-state index in [-0.39, 0.29) is 11.9 Å². The van der Waals surface area contributed by atoms with Crippen LogP contribution in [0.4, 0.5) is 0 Å². The van der Waals surface area contributed by atoms with E-state index in [0.717, 1.165) is 17.6 Å². The molecule has 2 fully saturated rings. The van der Waals surface area contributed by atoms with Crippen LogP contribution in [0.2, 0.25) is 0 Å². The van der Waals surface area contributed by atoms with Crippen LogP contribution < -0.4 is 0 Å². The molecule has 2 saturated heterocycles. The fourth-order valence-corrected chi connectivity index (χ4v) is 4.76. The summed E-state index contributed by atoms with van der Waals surface area (Å²) in [6.07, 6.45) is 4.57. The maximum Gasteiger partial charge on any atom is 0.310 e. The Hall–Kier alpha value is -2.40. The summed E-state index contributed by atoms with van der Waals surface area (Å²) < 4.78 is 6.13. The van der Waals surface area contributed by atoms with Gasteiger partial charge in [0.1, 0.15) is 11.5 Å². The Morgan fingerprint density at radius 2 is 2.08 bits per heavy atom. The zero-order valence-electron chi connectivity index (χ0n) is 14.8. The lowest BCUT2D eigenvalue weighted by Crippen LogP contribution is -2.45. The molecule has 0 unspecified atom stereocenters. The average molecular weight is 353 g/mol. The minimum Gasteiger partial charge on any atom is -0.481 e. The number of hydrogen-bond acceptors (Lipinski definition) is 3. The molecule has 1 N–H and O–H groups in total. The van der Waals surface area contributed by atoms with Gasteiger partial charge < -0.3 is 14.7 Å². The second kappa shape index (κ2) is 6.09. The first-order chi connectivity index (χ1) is 12.4. The van der Waals surface area contributed by atoms with Crippen molar-refractivity contribution in [1.29, 1.82) is 0 Å². The molecule has 0 aromatic heterocycles. The first-order valence-corrected chi connectivity index (χ1v) is 9.03. The summed E-state index contributed by atoms with van der Waals surface area (Å²) in [7, 11) is 0. The van der Waals surface area contributed by atoms with Crippen molar-refractivity contribution in [3.8, 4) is 0 Å². The first-order valence-electron chi connectivity index (χ1n) is 9.03. The number of rotatable bonds is 6. The van der Waals surface area contributed by atoms with Gasteiger partial charge in [0.15, 0.2) is 0 Å². The van der Waals surface area contributed by atoms with Crippen LogP contribution in [0.3, 0.4) is 0 Å². The second-order valence-corrected chi connectivity index (χ2v) is 7.58. The van der Waals surface area contributed by atoms with Gasteiger partial charge in [0.25, 0.3) is 0 Å². The number of likely N-dealkylation sites (tertiary alicyclic amines) is 1. The topological polar surface area (TPSA) is 66.8 Å². The molecule has 4 rings (SSSR count). The molecule has 26 heavy (non-hydrogen) atoms. The highest BCUT2D eigenvalue weighted by Crippen LogP contribution is 2.55. The van der Waals surface area contributed by atoms with E-state index in [1.54, 1.807) is 0 Å². The van der Waals surface area contributed by atoms with Gasteiger partial charge in [0.05, 0.1) is 18.1 Å². The Balaban J connectivity index is 1.65. The normalized spacial score (nSPS) is 34.3. The van der Waals surface area contributed by atoms with Gasteiger partial charge in [0, 0.05) is 6.54 Å². The molecule has 1 aromatic rings. The number of benzene rings is 1. The van der Waals surface area contributed by atoms with Gasteiger partial charge in [-0.1, -0.05) is 48.1 Å². The molecule has 5 nitrogen and oxygen atoms in total. The largest absolute Gasteiger partial charge is 0.481 e. The summed E-state index contributed by atoms with van der Waals surface area (Å²) >= 11 is 0. The number of amides is 1. The van der Waals surface area contributed by atoms with Crippen LogP contribution in [0.1, 0.15) is 18.9 Å². The molecular weight excluding hydrogens is 330 g/mol. The minimum absolute atomic E-state index is 0.105. The highest BCUT2D eigenvalue weighted by atomic mass is 16.5. The van der Waals surface area contributed by atoms with E-state index in [1.165, 1.54) is 0 Å². The highest BCUT2D eigenvalue weighted by molar-refractivity contribution is 5.91. The molecule has 5 atom stereocenters. The van der Waals surface area contributed by atoms with Gasteiger partial charge >= 0.3 is 5.97 Å². The highest BCUT2D eigenvalue weighted by Gasteiger charge is 2.70. The van der Waals surface area contributed by atoms with Crippen molar-refractivity contribution in [2.24, 2.45) is 11.8 Å². The SMILES string of the molecule is C=C(C)C[C@H]1N(CCc2ccccc2)C(=O)[C@@H]2[C@@H](C(=O)O)[C@@H]3C=C[C@]21O3. The Labute approximate surface area is 152 Å². The molecule has 1 aromatic carbocycles. The number of carboxylic acids is 1. The molecule has 3 aliphatic rings. The molecule has 5 heteroatoms. The van der Waals surface area contributed by atoms with Crippen LogP contribution >= 0.6 is 0 Å². The molecule has 3 heterocycles. The number of carbonyl (C=O) groups excluding carboxylic acids is 1. The third kappa shape index (κ3) is 2.42. The Bertz CT molecular complexity index is 786. The fourth-order valence-electron chi connectivity index (χ4n) is 4.76. The summed E-state index contributed by atoms with van der Waals surface area (Å²) in [5.41, 5.74) is 1.28. The van der Waals surface area contributed by atoms with Crippen LogP contribution in [0, 0.1) is 11.8 Å². The van der Waals surface area contributed by atoms with Gasteiger partial charge in [0.2, 0.25) is 5.91 Å². The summed E-state index contributed by atoms with van der Waals surface area (Å²) in [6, 6.07) is 9.80. The van der Waals surface area contributed by atoms with E-state index in [0.29, 0.717) is 13.0 Å². The number of nitrogens with zero attached hydrogens (tertiary/aromatic N) is 1. The van der Waals surface area contributed by atoms with Gasteiger partial charge in [-0.05, 0) is 25.3 Å². The van der Waals surface area contributed by atoms with Crippen molar-refractivity contribution in [3.05, 3.63) is 60.2 Å². The molecule has 0 radical (unpaired) electrons. The third-order valence-corrected chi connectivity index (χ3v) is 5.84. The maximum atomic E-state index is 13.2. The van der Waals surface area contributed by atoms with Gasteiger partial charge in [-0.3, -0.25) is 9.59 Å². The zero-order chi connectivity index (χ0) is 18.5. The number of fused-ring (bicyclic) bond motifs is 1. The van der Waals surface area contributed by atoms with E-state index in [4.69, 9.17) is 4.74 Å². The monoisotopic (exact) mass is 353 g/mol. The predicted octanol–water partition coefficient (Wildman–Crippen LogP) is 2.43. The van der Waals surface area contributed by atoms with Crippen molar-refractivity contribution < 1.29 is 19.4 Å². The van der Waals surface area contributed by atoms with Crippen LogP contribution in [0.25, 0.3) is 0 Å². The number of hydrogen-bond donors (Lipinski definition) is 1. The van der Waals surface area contributed by atoms with E-state index in [2.05, 4.69) is 6.58 Å². The predicted molar refractivity (Wildman–Crippen MR) is 96.4 cm³/mol. The van der Waals surface area contributed by atoms with Gasteiger partial charge in [-0.25, -0.2) is 0 Å². The number of aliphatic carboxylic acids is 1. The third-order valence-electron chi connectivity index (χ3n) is 5.84. The molecule has 2 bridgehead atoms. The van der Waals surface area contributed by atoms with E-state index in [9.17, 15) is 14.7 Å². The van der Waals surface area contributed by atoms with Gasteiger partial charge in [-0.15, -0.1) is 6.58 Å². The lowest BCUT2D eigenvalue weighted by Gasteiger charge is -2.33. The van der Waals surface area contributed by atoms with Crippen molar-refractivity contribution in [2.75, 3.05) is 6.54 Å². The summed E-state index contributed by atoms with van der Waals surface area (Å²) in [5, 5.41) is 9.66. The first kappa shape index (κ1) is 17.0. The van der Waals surface area contributed by atoms with E-state index >= 15 is 0 Å². The Kier molecular flexibility index (Phi) is 3.99. The zero-order valence-corrected chi connectivity index (χ0v) is 14.8. The number of carboxylic acid groups (broad SMARTS) is 1. The van der Waals surface area contributed by atoms with Crippen molar-refractivity contribution in [2.45, 2.75) is 37.5 Å². The van der Waals surface area contributed by atoms with E-state index < -0.39 is 29.5 Å². The lowest BCUT2D eigenvalue weighted by atomic mass is 9.74. The fraction of sp³-hybridized carbons (Fsp3) is 0.429. The van der Waals surface area contributed by atoms with Crippen LogP contribution in [0.15, 0.2) is 54.6 Å². The second-order valence-electron chi connectivity index (χ2n) is 7.58. The van der Waals surface area contributed by atoms with Gasteiger partial charge in [-0.2, -0.15) is 0 Å². The summed E-state index contributed by atoms with van der Waals surface area (Å²) in [6.45, 7) is 6.49. The van der Waals surface area contributed by atoms with Crippen molar-refractivity contribution in [1.82, 2.24) is 4.90 Å². The van der Waals surface area contributed by atoms with Crippen LogP contribution in [-0.4, -0.2) is 46.2 Å². The molecule has 3 aliphatic heterocycles. The molecule has 1 spiro atoms. The quantitative estimate of drug-likeness (QED) is 0.798.